The molecule has 0 aliphatic carbocycles. The van der Waals surface area contributed by atoms with Gasteiger partial charge in [0.1, 0.15) is 11.8 Å². The number of hydrogen-bond donors (Lipinski definition) is 1. The highest BCUT2D eigenvalue weighted by Gasteiger charge is 2.29. The minimum atomic E-state index is -1.06. The monoisotopic (exact) mass is 495 g/mol. The van der Waals surface area contributed by atoms with Crippen LogP contribution in [0.3, 0.4) is 0 Å². The summed E-state index contributed by atoms with van der Waals surface area (Å²) in [5, 5.41) is 0. The van der Waals surface area contributed by atoms with Crippen LogP contribution >= 0.6 is 0 Å². The molecular weight excluding hydrogens is 434 g/mol. The average Bonchev–Trinajstić information content (AvgIpc) is 2.85. The van der Waals surface area contributed by atoms with E-state index in [0.717, 1.165) is 25.0 Å². The molecule has 0 fully saturated rings. The van der Waals surface area contributed by atoms with E-state index in [-0.39, 0.29) is 5.97 Å². The molecule has 1 atom stereocenters. The van der Waals surface area contributed by atoms with Crippen molar-refractivity contribution >= 4 is 12.3 Å². The Hall–Kier alpha value is -0.900. The zero-order valence-electron chi connectivity index (χ0n) is 23.9. The summed E-state index contributed by atoms with van der Waals surface area (Å²) in [5.41, 5.74) is 4.94. The summed E-state index contributed by atoms with van der Waals surface area (Å²) in [7, 11) is 0. The molecule has 0 spiro atoms. The highest BCUT2D eigenvalue weighted by molar-refractivity contribution is 5.80. The van der Waals surface area contributed by atoms with Crippen LogP contribution in [0.25, 0.3) is 0 Å². The van der Waals surface area contributed by atoms with Crippen molar-refractivity contribution in [2.24, 2.45) is 11.7 Å². The van der Waals surface area contributed by atoms with Crippen LogP contribution in [0, 0.1) is 5.92 Å². The van der Waals surface area contributed by atoms with Crippen LogP contribution in [-0.2, 0) is 14.3 Å². The largest absolute Gasteiger partial charge is 0.464 e. The van der Waals surface area contributed by atoms with Crippen LogP contribution in [0.1, 0.15) is 168 Å². The lowest BCUT2D eigenvalue weighted by molar-refractivity contribution is -0.149. The molecule has 35 heavy (non-hydrogen) atoms. The summed E-state index contributed by atoms with van der Waals surface area (Å²) >= 11 is 0. The van der Waals surface area contributed by atoms with E-state index in [1.54, 1.807) is 6.92 Å². The van der Waals surface area contributed by atoms with Crippen LogP contribution in [0.15, 0.2) is 0 Å². The number of carbonyl (C=O) groups excluding carboxylic acids is 2. The maximum atomic E-state index is 12.2. The Morgan fingerprint density at radius 3 is 1.54 bits per heavy atom. The maximum absolute atomic E-state index is 12.2. The first kappa shape index (κ1) is 34.1. The van der Waals surface area contributed by atoms with E-state index in [2.05, 4.69) is 13.8 Å². The second kappa shape index (κ2) is 24.8. The third-order valence-electron chi connectivity index (χ3n) is 7.42. The predicted octanol–water partition coefficient (Wildman–Crippen LogP) is 9.07. The predicted molar refractivity (Wildman–Crippen MR) is 151 cm³/mol. The number of rotatable bonds is 27. The van der Waals surface area contributed by atoms with Gasteiger partial charge in [0.15, 0.2) is 0 Å². The quantitative estimate of drug-likeness (QED) is 0.0700. The van der Waals surface area contributed by atoms with Gasteiger partial charge in [-0.1, -0.05) is 136 Å². The first-order valence-corrected chi connectivity index (χ1v) is 15.4. The highest BCUT2D eigenvalue weighted by atomic mass is 16.5. The van der Waals surface area contributed by atoms with E-state index in [4.69, 9.17) is 10.5 Å². The van der Waals surface area contributed by atoms with Gasteiger partial charge in [0.05, 0.1) is 6.61 Å². The highest BCUT2D eigenvalue weighted by Crippen LogP contribution is 2.24. The topological polar surface area (TPSA) is 69.4 Å². The molecule has 2 N–H and O–H groups in total. The van der Waals surface area contributed by atoms with Gasteiger partial charge in [-0.05, 0) is 32.1 Å². The fourth-order valence-electron chi connectivity index (χ4n) is 4.89. The molecule has 208 valence electrons. The zero-order chi connectivity index (χ0) is 26.0. The lowest BCUT2D eigenvalue weighted by Gasteiger charge is -2.21. The molecule has 0 heterocycles. The fourth-order valence-corrected chi connectivity index (χ4v) is 4.89. The molecule has 0 aromatic carbocycles. The normalized spacial score (nSPS) is 13.2. The maximum Gasteiger partial charge on any atom is 0.325 e. The van der Waals surface area contributed by atoms with Gasteiger partial charge in [-0.25, -0.2) is 0 Å². The third kappa shape index (κ3) is 22.1. The van der Waals surface area contributed by atoms with Crippen LogP contribution < -0.4 is 5.73 Å². The molecule has 0 aromatic heterocycles. The summed E-state index contributed by atoms with van der Waals surface area (Å²) in [4.78, 5) is 22.7. The Morgan fingerprint density at radius 2 is 1.11 bits per heavy atom. The summed E-state index contributed by atoms with van der Waals surface area (Å²) in [6, 6.07) is 0. The molecule has 0 aromatic rings. The second-order valence-electron chi connectivity index (χ2n) is 11.1. The van der Waals surface area contributed by atoms with Crippen LogP contribution in [0.5, 0.6) is 0 Å². The van der Waals surface area contributed by atoms with E-state index < -0.39 is 5.54 Å². The lowest BCUT2D eigenvalue weighted by Crippen LogP contribution is -2.46. The van der Waals surface area contributed by atoms with Gasteiger partial charge in [-0.2, -0.15) is 0 Å². The van der Waals surface area contributed by atoms with Crippen molar-refractivity contribution < 1.29 is 14.3 Å². The number of unbranched alkanes of at least 4 members (excludes halogenated alkanes) is 15. The van der Waals surface area contributed by atoms with E-state index in [1.807, 2.05) is 0 Å². The minimum absolute atomic E-state index is 0.293. The minimum Gasteiger partial charge on any atom is -0.464 e. The zero-order valence-corrected chi connectivity index (χ0v) is 23.9. The first-order chi connectivity index (χ1) is 17.0. The van der Waals surface area contributed by atoms with Crippen LogP contribution in [-0.4, -0.2) is 24.4 Å². The molecule has 4 heteroatoms. The van der Waals surface area contributed by atoms with Crippen molar-refractivity contribution in [2.75, 3.05) is 6.61 Å². The smallest absolute Gasteiger partial charge is 0.325 e. The number of nitrogens with two attached hydrogens (primary N) is 1. The van der Waals surface area contributed by atoms with Gasteiger partial charge in [0, 0.05) is 6.42 Å². The van der Waals surface area contributed by atoms with Gasteiger partial charge in [0.25, 0.3) is 0 Å². The molecule has 0 saturated carbocycles. The van der Waals surface area contributed by atoms with Crippen molar-refractivity contribution in [3.63, 3.8) is 0 Å². The van der Waals surface area contributed by atoms with E-state index in [0.29, 0.717) is 19.4 Å². The molecule has 0 amide bonds. The van der Waals surface area contributed by atoms with E-state index in [9.17, 15) is 9.59 Å². The SMILES string of the molecule is CCCCCCCCCCC(CCCCCCCCCC)CCCCOC(=O)C(C)(N)CCC=O. The number of carbonyl (C=O) groups is 2. The fraction of sp³-hybridized carbons (Fsp3) is 0.935. The van der Waals surface area contributed by atoms with Crippen LogP contribution in [0.2, 0.25) is 0 Å². The number of hydrogen-bond acceptors (Lipinski definition) is 4. The van der Waals surface area contributed by atoms with Crippen molar-refractivity contribution in [1.29, 1.82) is 0 Å². The van der Waals surface area contributed by atoms with Crippen LogP contribution in [0.4, 0.5) is 0 Å². The van der Waals surface area contributed by atoms with Gasteiger partial charge in [-0.15, -0.1) is 0 Å². The van der Waals surface area contributed by atoms with Gasteiger partial charge >= 0.3 is 5.97 Å². The Morgan fingerprint density at radius 1 is 0.714 bits per heavy atom. The molecular formula is C31H61NO3. The Kier molecular flexibility index (Phi) is 24.1. The Balaban J connectivity index is 4.14. The summed E-state index contributed by atoms with van der Waals surface area (Å²) in [5.74, 6) is 0.437. The molecule has 0 radical (unpaired) electrons. The molecule has 0 aliphatic heterocycles. The van der Waals surface area contributed by atoms with Crippen molar-refractivity contribution in [3.05, 3.63) is 0 Å². The Labute approximate surface area is 218 Å². The molecule has 0 rings (SSSR count). The van der Waals surface area contributed by atoms with Gasteiger partial charge in [0.2, 0.25) is 0 Å². The number of ether oxygens (including phenoxy) is 1. The van der Waals surface area contributed by atoms with E-state index in [1.165, 1.54) is 122 Å². The molecule has 0 aliphatic rings. The third-order valence-corrected chi connectivity index (χ3v) is 7.42. The average molecular weight is 496 g/mol. The standard InChI is InChI=1S/C31H61NO3/c1-4-6-8-10-12-14-16-18-23-29(24-19-17-15-13-11-9-7-5-2)25-20-21-28-35-30(34)31(3,32)26-22-27-33/h27,29H,4-26,28,32H2,1-3H3. The van der Waals surface area contributed by atoms with Crippen molar-refractivity contribution in [3.8, 4) is 0 Å². The van der Waals surface area contributed by atoms with Gasteiger partial charge in [-0.3, -0.25) is 4.79 Å². The van der Waals surface area contributed by atoms with Crippen molar-refractivity contribution in [1.82, 2.24) is 0 Å². The first-order valence-electron chi connectivity index (χ1n) is 15.4. The molecule has 0 saturated heterocycles. The molecule has 4 nitrogen and oxygen atoms in total. The second-order valence-corrected chi connectivity index (χ2v) is 11.1. The molecule has 0 bridgehead atoms. The molecule has 1 unspecified atom stereocenters. The van der Waals surface area contributed by atoms with Crippen molar-refractivity contribution in [2.45, 2.75) is 174 Å². The number of aldehydes is 1. The number of esters is 1. The Bertz CT molecular complexity index is 458. The van der Waals surface area contributed by atoms with Gasteiger partial charge < -0.3 is 15.3 Å². The summed E-state index contributed by atoms with van der Waals surface area (Å²) in [6.07, 6.45) is 29.6. The summed E-state index contributed by atoms with van der Waals surface area (Å²) < 4.78 is 5.41. The summed E-state index contributed by atoms with van der Waals surface area (Å²) in [6.45, 7) is 6.65. The lowest BCUT2D eigenvalue weighted by atomic mass is 9.90. The van der Waals surface area contributed by atoms with E-state index >= 15 is 0 Å².